The molecule has 0 saturated heterocycles. The number of H-pyrrole nitrogens is 1. The largest absolute Gasteiger partial charge is 0.353 e. The van der Waals surface area contributed by atoms with Gasteiger partial charge in [0.1, 0.15) is 6.73 Å². The highest BCUT2D eigenvalue weighted by Gasteiger charge is 2.17. The molecule has 0 amide bonds. The Morgan fingerprint density at radius 2 is 1.93 bits per heavy atom. The molecule has 28 heavy (non-hydrogen) atoms. The molecule has 0 radical (unpaired) electrons. The van der Waals surface area contributed by atoms with Crippen LogP contribution in [0.1, 0.15) is 60.6 Å². The molecule has 1 heterocycles. The van der Waals surface area contributed by atoms with E-state index in [1.54, 1.807) is 4.57 Å². The maximum absolute atomic E-state index is 12.6. The highest BCUT2D eigenvalue weighted by atomic mass is 16.5. The van der Waals surface area contributed by atoms with Gasteiger partial charge in [0.2, 0.25) is 0 Å². The van der Waals surface area contributed by atoms with Crippen LogP contribution in [0.15, 0.2) is 39.9 Å². The molecule has 1 atom stereocenters. The summed E-state index contributed by atoms with van der Waals surface area (Å²) in [6.45, 7) is 6.32. The lowest BCUT2D eigenvalue weighted by Crippen LogP contribution is -2.37. The van der Waals surface area contributed by atoms with Crippen molar-refractivity contribution in [1.82, 2.24) is 9.55 Å². The van der Waals surface area contributed by atoms with Crippen LogP contribution in [-0.2, 0) is 24.3 Å². The molecule has 1 aromatic heterocycles. The number of allylic oxidation sites excluding steroid dienone is 1. The van der Waals surface area contributed by atoms with Gasteiger partial charge in [-0.15, -0.1) is 0 Å². The van der Waals surface area contributed by atoms with Gasteiger partial charge in [-0.05, 0) is 45.1 Å². The fraction of sp³-hybridized carbons (Fsp3) is 0.478. The van der Waals surface area contributed by atoms with Crippen LogP contribution >= 0.6 is 0 Å². The van der Waals surface area contributed by atoms with Crippen molar-refractivity contribution in [3.8, 4) is 0 Å². The fourth-order valence-corrected chi connectivity index (χ4v) is 3.96. The van der Waals surface area contributed by atoms with E-state index >= 15 is 0 Å². The van der Waals surface area contributed by atoms with Gasteiger partial charge in [0.15, 0.2) is 0 Å². The number of hydrogen-bond acceptors (Lipinski definition) is 3. The molecule has 5 heteroatoms. The van der Waals surface area contributed by atoms with Crippen molar-refractivity contribution in [3.05, 3.63) is 79.1 Å². The summed E-state index contributed by atoms with van der Waals surface area (Å²) in [5.41, 5.74) is 4.23. The van der Waals surface area contributed by atoms with Gasteiger partial charge in [-0.2, -0.15) is 0 Å². The first-order valence-electron chi connectivity index (χ1n) is 10.2. The summed E-state index contributed by atoms with van der Waals surface area (Å²) in [6.07, 6.45) is 9.38. The minimum absolute atomic E-state index is 0.0243. The summed E-state index contributed by atoms with van der Waals surface area (Å²) < 4.78 is 7.61. The second-order valence-electron chi connectivity index (χ2n) is 7.73. The number of ether oxygens (including phenoxy) is 1. The number of benzene rings is 1. The van der Waals surface area contributed by atoms with Crippen molar-refractivity contribution < 1.29 is 4.74 Å². The molecule has 0 spiro atoms. The quantitative estimate of drug-likeness (QED) is 0.741. The first kappa shape index (κ1) is 20.3. The van der Waals surface area contributed by atoms with Crippen LogP contribution in [0.2, 0.25) is 0 Å². The Labute approximate surface area is 166 Å². The van der Waals surface area contributed by atoms with Gasteiger partial charge in [-0.1, -0.05) is 54.8 Å². The predicted molar refractivity (Wildman–Crippen MR) is 112 cm³/mol. The van der Waals surface area contributed by atoms with Crippen LogP contribution < -0.4 is 11.2 Å². The van der Waals surface area contributed by atoms with Gasteiger partial charge in [-0.25, -0.2) is 4.79 Å². The van der Waals surface area contributed by atoms with Gasteiger partial charge in [0, 0.05) is 17.7 Å². The van der Waals surface area contributed by atoms with Crippen LogP contribution in [-0.4, -0.2) is 15.7 Å². The number of aryl methyl sites for hydroxylation is 2. The molecule has 2 aromatic rings. The van der Waals surface area contributed by atoms with Crippen molar-refractivity contribution >= 4 is 0 Å². The third kappa shape index (κ3) is 4.90. The van der Waals surface area contributed by atoms with Gasteiger partial charge >= 0.3 is 5.69 Å². The van der Waals surface area contributed by atoms with Gasteiger partial charge in [-0.3, -0.25) is 14.3 Å². The highest BCUT2D eigenvalue weighted by Crippen LogP contribution is 2.18. The molecule has 150 valence electrons. The lowest BCUT2D eigenvalue weighted by atomic mass is 9.99. The molecule has 0 bridgehead atoms. The molecule has 1 aliphatic rings. The van der Waals surface area contributed by atoms with E-state index in [2.05, 4.69) is 49.2 Å². The fourth-order valence-electron chi connectivity index (χ4n) is 3.96. The number of rotatable bonds is 7. The maximum atomic E-state index is 12.6. The van der Waals surface area contributed by atoms with E-state index < -0.39 is 5.69 Å². The first-order valence-corrected chi connectivity index (χ1v) is 10.2. The smallest absolute Gasteiger partial charge is 0.330 e. The van der Waals surface area contributed by atoms with E-state index in [0.29, 0.717) is 18.4 Å². The van der Waals surface area contributed by atoms with E-state index in [1.807, 2.05) is 6.92 Å². The average Bonchev–Trinajstić information content (AvgIpc) is 2.64. The van der Waals surface area contributed by atoms with Crippen molar-refractivity contribution in [2.24, 2.45) is 0 Å². The summed E-state index contributed by atoms with van der Waals surface area (Å²) in [5, 5.41) is 0. The van der Waals surface area contributed by atoms with Crippen LogP contribution in [0.5, 0.6) is 0 Å². The predicted octanol–water partition coefficient (Wildman–Crippen LogP) is 3.78. The summed E-state index contributed by atoms with van der Waals surface area (Å²) in [7, 11) is 0. The lowest BCUT2D eigenvalue weighted by molar-refractivity contribution is 0.0226. The molecule has 0 fully saturated rings. The molecule has 3 rings (SSSR count). The Morgan fingerprint density at radius 3 is 2.57 bits per heavy atom. The zero-order valence-corrected chi connectivity index (χ0v) is 17.1. The van der Waals surface area contributed by atoms with E-state index in [1.165, 1.54) is 11.1 Å². The van der Waals surface area contributed by atoms with Crippen LogP contribution in [0.4, 0.5) is 0 Å². The summed E-state index contributed by atoms with van der Waals surface area (Å²) in [6, 6.07) is 6.35. The Balaban J connectivity index is 2.00. The molecule has 1 aromatic carbocycles. The number of aromatic amines is 1. The van der Waals surface area contributed by atoms with Crippen LogP contribution in [0.25, 0.3) is 0 Å². The lowest BCUT2D eigenvalue weighted by Gasteiger charge is -2.21. The summed E-state index contributed by atoms with van der Waals surface area (Å²) in [5.74, 6) is 0. The minimum atomic E-state index is -0.399. The SMILES string of the molecule is CCCc1c(Cc2cc(C)cc(C)c2)n(COC2C=CCCC2)c(=O)[nH]c1=O. The summed E-state index contributed by atoms with van der Waals surface area (Å²) >= 11 is 0. The second-order valence-corrected chi connectivity index (χ2v) is 7.73. The topological polar surface area (TPSA) is 64.1 Å². The van der Waals surface area contributed by atoms with Gasteiger partial charge < -0.3 is 4.74 Å². The molecular weight excluding hydrogens is 352 g/mol. The molecule has 0 aliphatic heterocycles. The molecule has 1 unspecified atom stereocenters. The van der Waals surface area contributed by atoms with Crippen molar-refractivity contribution in [3.63, 3.8) is 0 Å². The standard InChI is InChI=1S/C23H30N2O3/c1-4-8-20-21(14-18-12-16(2)11-17(3)13-18)25(23(27)24-22(20)26)15-28-19-9-6-5-7-10-19/h6,9,11-13,19H,4-5,7-8,10,14-15H2,1-3H3,(H,24,26,27). The van der Waals surface area contributed by atoms with E-state index in [9.17, 15) is 9.59 Å². The monoisotopic (exact) mass is 382 g/mol. The molecular formula is C23H30N2O3. The van der Waals surface area contributed by atoms with Crippen molar-refractivity contribution in [1.29, 1.82) is 0 Å². The molecule has 1 aliphatic carbocycles. The van der Waals surface area contributed by atoms with Crippen LogP contribution in [0.3, 0.4) is 0 Å². The van der Waals surface area contributed by atoms with E-state index in [4.69, 9.17) is 4.74 Å². The average molecular weight is 383 g/mol. The van der Waals surface area contributed by atoms with Crippen molar-refractivity contribution in [2.75, 3.05) is 0 Å². The van der Waals surface area contributed by atoms with Gasteiger partial charge in [0.05, 0.1) is 6.10 Å². The second kappa shape index (κ2) is 9.20. The number of nitrogens with zero attached hydrogens (tertiary/aromatic N) is 1. The maximum Gasteiger partial charge on any atom is 0.330 e. The number of aromatic nitrogens is 2. The minimum Gasteiger partial charge on any atom is -0.353 e. The highest BCUT2D eigenvalue weighted by molar-refractivity contribution is 5.33. The van der Waals surface area contributed by atoms with Crippen molar-refractivity contribution in [2.45, 2.75) is 72.1 Å². The molecule has 1 N–H and O–H groups in total. The zero-order chi connectivity index (χ0) is 20.1. The Bertz CT molecular complexity index is 949. The van der Waals surface area contributed by atoms with Crippen LogP contribution in [0, 0.1) is 13.8 Å². The first-order chi connectivity index (χ1) is 13.5. The third-order valence-electron chi connectivity index (χ3n) is 5.19. The Kier molecular flexibility index (Phi) is 6.68. The molecule has 5 nitrogen and oxygen atoms in total. The zero-order valence-electron chi connectivity index (χ0n) is 17.1. The van der Waals surface area contributed by atoms with Gasteiger partial charge in [0.25, 0.3) is 5.56 Å². The molecule has 0 saturated carbocycles. The normalized spacial score (nSPS) is 16.5. The van der Waals surface area contributed by atoms with E-state index in [0.717, 1.165) is 36.9 Å². The number of hydrogen-bond donors (Lipinski definition) is 1. The summed E-state index contributed by atoms with van der Waals surface area (Å²) in [4.78, 5) is 27.6. The Hall–Kier alpha value is -2.40. The number of nitrogens with one attached hydrogen (secondary N) is 1. The van der Waals surface area contributed by atoms with E-state index in [-0.39, 0.29) is 18.4 Å². The third-order valence-corrected chi connectivity index (χ3v) is 5.19. The Morgan fingerprint density at radius 1 is 1.18 bits per heavy atom.